The third kappa shape index (κ3) is 5.49. The molecule has 6 rings (SSSR count). The van der Waals surface area contributed by atoms with Crippen molar-refractivity contribution < 1.29 is 18.7 Å². The van der Waals surface area contributed by atoms with Gasteiger partial charge in [0.25, 0.3) is 0 Å². The molecule has 3 N–H and O–H groups in total. The van der Waals surface area contributed by atoms with E-state index in [1.807, 2.05) is 35.9 Å². The zero-order valence-electron chi connectivity index (χ0n) is 21.9. The molecule has 206 valence electrons. The highest BCUT2D eigenvalue weighted by Crippen LogP contribution is 2.29. The number of benzene rings is 2. The number of amides is 1. The summed E-state index contributed by atoms with van der Waals surface area (Å²) in [7, 11) is 0. The standard InChI is InChI=1S/C28H29FN8O3/c1-2-22-24-26(31-16-32-27(24)35-25(22)36-28(38)40-15-21-14-39-9-8-30-21)34-20-6-7-23-18(11-20)12-33-37(23)13-17-4-3-5-19(29)10-17/h3-7,10-12,16,21,27,30H,2,8-9,13-15H2,1H3,(H,31,32,34)(H,35,36,38)/t21-,27?/m0/s1. The number of anilines is 1. The SMILES string of the molecule is CCC1=C2C(Nc3ccc4c(cnn4Cc4cccc(F)c4)c3)=NC=NC2N=C1NC(=O)OC[C@@H]1COCCN1. The van der Waals surface area contributed by atoms with E-state index in [1.165, 1.54) is 18.5 Å². The maximum atomic E-state index is 13.6. The number of aliphatic imine (C=N–C) groups is 3. The number of aromatic nitrogens is 2. The van der Waals surface area contributed by atoms with Gasteiger partial charge < -0.3 is 20.1 Å². The van der Waals surface area contributed by atoms with E-state index in [0.717, 1.165) is 39.8 Å². The number of hydrogen-bond acceptors (Lipinski definition) is 9. The molecule has 1 fully saturated rings. The lowest BCUT2D eigenvalue weighted by molar-refractivity contribution is 0.0477. The van der Waals surface area contributed by atoms with Gasteiger partial charge in [0.05, 0.1) is 37.5 Å². The first-order valence-electron chi connectivity index (χ1n) is 13.2. The number of carbonyl (C=O) groups is 1. The lowest BCUT2D eigenvalue weighted by Gasteiger charge is -2.23. The van der Waals surface area contributed by atoms with E-state index in [0.29, 0.717) is 37.9 Å². The Morgan fingerprint density at radius 3 is 3.00 bits per heavy atom. The molecule has 12 heteroatoms. The number of ether oxygens (including phenoxy) is 2. The van der Waals surface area contributed by atoms with E-state index in [9.17, 15) is 9.18 Å². The van der Waals surface area contributed by atoms with Crippen LogP contribution >= 0.6 is 0 Å². The van der Waals surface area contributed by atoms with Gasteiger partial charge in [-0.05, 0) is 42.3 Å². The van der Waals surface area contributed by atoms with Crippen molar-refractivity contribution in [3.05, 3.63) is 71.2 Å². The number of hydrogen-bond donors (Lipinski definition) is 3. The summed E-state index contributed by atoms with van der Waals surface area (Å²) in [6.07, 6.45) is 2.79. The zero-order valence-corrected chi connectivity index (χ0v) is 21.9. The molecule has 11 nitrogen and oxygen atoms in total. The van der Waals surface area contributed by atoms with Crippen LogP contribution < -0.4 is 16.0 Å². The average molecular weight is 545 g/mol. The van der Waals surface area contributed by atoms with E-state index in [4.69, 9.17) is 9.47 Å². The molecule has 2 atom stereocenters. The summed E-state index contributed by atoms with van der Waals surface area (Å²) in [5.41, 5.74) is 4.23. The molecular weight excluding hydrogens is 515 g/mol. The molecule has 1 unspecified atom stereocenters. The molecule has 4 heterocycles. The second-order valence-corrected chi connectivity index (χ2v) is 9.62. The molecule has 0 radical (unpaired) electrons. The third-order valence-electron chi connectivity index (χ3n) is 6.88. The molecule has 3 aromatic rings. The average Bonchev–Trinajstić information content (AvgIpc) is 3.53. The molecule has 3 aliphatic rings. The van der Waals surface area contributed by atoms with Gasteiger partial charge in [-0.2, -0.15) is 5.10 Å². The normalized spacial score (nSPS) is 20.2. The number of fused-ring (bicyclic) bond motifs is 2. The van der Waals surface area contributed by atoms with Gasteiger partial charge in [0, 0.05) is 28.8 Å². The van der Waals surface area contributed by atoms with Crippen LogP contribution in [0.15, 0.2) is 74.8 Å². The minimum Gasteiger partial charge on any atom is -0.448 e. The number of nitrogens with zero attached hydrogens (tertiary/aromatic N) is 5. The summed E-state index contributed by atoms with van der Waals surface area (Å²) < 4.78 is 26.3. The second kappa shape index (κ2) is 11.4. The fourth-order valence-electron chi connectivity index (χ4n) is 4.98. The van der Waals surface area contributed by atoms with Crippen molar-refractivity contribution in [3.63, 3.8) is 0 Å². The summed E-state index contributed by atoms with van der Waals surface area (Å²) in [5, 5.41) is 14.8. The van der Waals surface area contributed by atoms with Crippen LogP contribution in [0, 0.1) is 5.82 Å². The van der Waals surface area contributed by atoms with E-state index in [-0.39, 0.29) is 18.5 Å². The maximum absolute atomic E-state index is 13.6. The molecule has 1 saturated heterocycles. The van der Waals surface area contributed by atoms with E-state index >= 15 is 0 Å². The monoisotopic (exact) mass is 544 g/mol. The smallest absolute Gasteiger partial charge is 0.412 e. The molecule has 1 aromatic heterocycles. The van der Waals surface area contributed by atoms with Gasteiger partial charge in [-0.1, -0.05) is 19.1 Å². The van der Waals surface area contributed by atoms with Crippen molar-refractivity contribution in [1.82, 2.24) is 20.4 Å². The Kier molecular flexibility index (Phi) is 7.34. The highest BCUT2D eigenvalue weighted by molar-refractivity contribution is 6.21. The highest BCUT2D eigenvalue weighted by Gasteiger charge is 2.33. The van der Waals surface area contributed by atoms with Gasteiger partial charge in [-0.15, -0.1) is 0 Å². The number of nitrogens with one attached hydrogen (secondary N) is 3. The van der Waals surface area contributed by atoms with Crippen molar-refractivity contribution in [3.8, 4) is 0 Å². The first-order chi connectivity index (χ1) is 19.6. The number of amidine groups is 2. The van der Waals surface area contributed by atoms with Crippen molar-refractivity contribution in [1.29, 1.82) is 0 Å². The largest absolute Gasteiger partial charge is 0.448 e. The van der Waals surface area contributed by atoms with Crippen LogP contribution in [-0.2, 0) is 16.0 Å². The van der Waals surface area contributed by atoms with Crippen LogP contribution in [0.3, 0.4) is 0 Å². The molecule has 1 amide bonds. The van der Waals surface area contributed by atoms with E-state index in [1.54, 1.807) is 12.3 Å². The minimum atomic E-state index is -0.576. The Hall–Kier alpha value is -4.42. The molecule has 3 aliphatic heterocycles. The van der Waals surface area contributed by atoms with Crippen LogP contribution in [0.25, 0.3) is 10.9 Å². The Balaban J connectivity index is 1.15. The van der Waals surface area contributed by atoms with Crippen molar-refractivity contribution >= 4 is 40.7 Å². The molecule has 0 spiro atoms. The van der Waals surface area contributed by atoms with Gasteiger partial charge in [0.1, 0.15) is 30.4 Å². The molecule has 0 bridgehead atoms. The van der Waals surface area contributed by atoms with Crippen LogP contribution in [0.1, 0.15) is 18.9 Å². The molecule has 0 saturated carbocycles. The topological polar surface area (TPSA) is 127 Å². The Morgan fingerprint density at radius 2 is 2.17 bits per heavy atom. The fourth-order valence-corrected chi connectivity index (χ4v) is 4.98. The van der Waals surface area contributed by atoms with Gasteiger partial charge >= 0.3 is 6.09 Å². The summed E-state index contributed by atoms with van der Waals surface area (Å²) in [6.45, 7) is 4.54. The molecular formula is C28H29FN8O3. The Bertz CT molecular complexity index is 1550. The van der Waals surface area contributed by atoms with Gasteiger partial charge in [-0.25, -0.2) is 24.2 Å². The summed E-state index contributed by atoms with van der Waals surface area (Å²) >= 11 is 0. The van der Waals surface area contributed by atoms with Crippen LogP contribution in [0.2, 0.25) is 0 Å². The van der Waals surface area contributed by atoms with Crippen molar-refractivity contribution in [2.75, 3.05) is 31.7 Å². The third-order valence-corrected chi connectivity index (χ3v) is 6.88. The summed E-state index contributed by atoms with van der Waals surface area (Å²) in [4.78, 5) is 26.0. The molecule has 2 aromatic carbocycles. The fraction of sp³-hybridized carbons (Fsp3) is 0.321. The molecule has 0 aliphatic carbocycles. The molecule has 40 heavy (non-hydrogen) atoms. The lowest BCUT2D eigenvalue weighted by Crippen LogP contribution is -2.45. The van der Waals surface area contributed by atoms with Crippen LogP contribution in [-0.4, -0.2) is 72.5 Å². The maximum Gasteiger partial charge on any atom is 0.412 e. The first kappa shape index (κ1) is 25.8. The second-order valence-electron chi connectivity index (χ2n) is 9.62. The number of halogens is 1. The van der Waals surface area contributed by atoms with Crippen LogP contribution in [0.5, 0.6) is 0 Å². The number of carbonyl (C=O) groups excluding carboxylic acids is 1. The predicted octanol–water partition coefficient (Wildman–Crippen LogP) is 3.24. The van der Waals surface area contributed by atoms with E-state index in [2.05, 4.69) is 36.0 Å². The summed E-state index contributed by atoms with van der Waals surface area (Å²) in [6, 6.07) is 12.4. The lowest BCUT2D eigenvalue weighted by atomic mass is 10.0. The summed E-state index contributed by atoms with van der Waals surface area (Å²) in [5.74, 6) is 0.776. The Morgan fingerprint density at radius 1 is 1.25 bits per heavy atom. The van der Waals surface area contributed by atoms with Gasteiger partial charge in [0.2, 0.25) is 0 Å². The van der Waals surface area contributed by atoms with Crippen molar-refractivity contribution in [2.24, 2.45) is 15.0 Å². The zero-order chi connectivity index (χ0) is 27.5. The van der Waals surface area contributed by atoms with Gasteiger partial charge in [0.15, 0.2) is 6.17 Å². The predicted molar refractivity (Wildman–Crippen MR) is 150 cm³/mol. The number of alkyl carbamates (subject to hydrolysis) is 1. The highest BCUT2D eigenvalue weighted by atomic mass is 19.1. The number of rotatable bonds is 6. The quantitative estimate of drug-likeness (QED) is 0.438. The van der Waals surface area contributed by atoms with Crippen LogP contribution in [0.4, 0.5) is 14.9 Å². The van der Waals surface area contributed by atoms with Crippen molar-refractivity contribution in [2.45, 2.75) is 32.1 Å². The first-order valence-corrected chi connectivity index (χ1v) is 13.2. The minimum absolute atomic E-state index is 0.0325. The van der Waals surface area contributed by atoms with Gasteiger partial charge in [-0.3, -0.25) is 10.00 Å². The Labute approximate surface area is 229 Å². The number of morpholine rings is 1. The van der Waals surface area contributed by atoms with E-state index < -0.39 is 12.3 Å².